The van der Waals surface area contributed by atoms with Crippen molar-refractivity contribution in [3.63, 3.8) is 0 Å². The summed E-state index contributed by atoms with van der Waals surface area (Å²) in [6, 6.07) is 1.05. The molecule has 0 aromatic carbocycles. The van der Waals surface area contributed by atoms with Crippen molar-refractivity contribution < 1.29 is 14.1 Å². The lowest BCUT2D eigenvalue weighted by Gasteiger charge is -2.12. The van der Waals surface area contributed by atoms with Gasteiger partial charge in [-0.15, -0.1) is 15.7 Å². The van der Waals surface area contributed by atoms with Crippen LogP contribution >= 0.6 is 11.3 Å². The number of carbonyl (C=O) groups is 1. The number of nitrogens with one attached hydrogen (secondary N) is 1. The zero-order valence-electron chi connectivity index (χ0n) is 15.5. The molecule has 0 saturated heterocycles. The Labute approximate surface area is 162 Å². The average Bonchev–Trinajstić information content (AvgIpc) is 3.23. The Bertz CT molecular complexity index is 1000. The molecule has 8 nitrogen and oxygen atoms in total. The van der Waals surface area contributed by atoms with Crippen LogP contribution in [-0.4, -0.2) is 25.3 Å². The van der Waals surface area contributed by atoms with Crippen LogP contribution in [0.25, 0.3) is 0 Å². The molecule has 0 spiro atoms. The van der Waals surface area contributed by atoms with Crippen molar-refractivity contribution in [2.24, 2.45) is 9.50 Å². The number of urea groups is 1. The van der Waals surface area contributed by atoms with Gasteiger partial charge in [-0.1, -0.05) is 6.92 Å². The van der Waals surface area contributed by atoms with Crippen molar-refractivity contribution in [3.05, 3.63) is 34.2 Å². The van der Waals surface area contributed by atoms with Crippen LogP contribution in [0.5, 0.6) is 0 Å². The fourth-order valence-corrected chi connectivity index (χ4v) is 4.94. The van der Waals surface area contributed by atoms with E-state index in [1.165, 1.54) is 6.20 Å². The zero-order valence-corrected chi connectivity index (χ0v) is 17.1. The molecule has 27 heavy (non-hydrogen) atoms. The summed E-state index contributed by atoms with van der Waals surface area (Å²) in [4.78, 5) is 21.0. The van der Waals surface area contributed by atoms with Gasteiger partial charge in [-0.2, -0.15) is 0 Å². The molecule has 0 radical (unpaired) electrons. The number of aromatic nitrogens is 2. The SMILES string of the molecule is CCc1cc(NC(=O)N=S(N)(=O)c2cnc(C(C)(C)O)s2)c2c(n1)CCC2. The Morgan fingerprint density at radius 1 is 1.48 bits per heavy atom. The second kappa shape index (κ2) is 7.27. The smallest absolute Gasteiger partial charge is 0.354 e. The van der Waals surface area contributed by atoms with Crippen molar-refractivity contribution >= 4 is 33.0 Å². The Kier molecular flexibility index (Phi) is 5.35. The van der Waals surface area contributed by atoms with Crippen LogP contribution in [0.1, 0.15) is 49.2 Å². The third kappa shape index (κ3) is 4.34. The highest BCUT2D eigenvalue weighted by Gasteiger charge is 2.24. The second-order valence-corrected chi connectivity index (χ2v) is 9.98. The second-order valence-electron chi connectivity index (χ2n) is 6.93. The van der Waals surface area contributed by atoms with E-state index in [0.29, 0.717) is 10.7 Å². The zero-order chi connectivity index (χ0) is 19.8. The van der Waals surface area contributed by atoms with E-state index in [-0.39, 0.29) is 4.21 Å². The topological polar surface area (TPSA) is 131 Å². The number of carbonyl (C=O) groups excluding carboxylic acids is 1. The molecular weight excluding hydrogens is 386 g/mol. The Morgan fingerprint density at radius 2 is 2.22 bits per heavy atom. The number of pyridine rings is 1. The maximum absolute atomic E-state index is 12.7. The molecule has 3 rings (SSSR count). The molecule has 4 N–H and O–H groups in total. The predicted octanol–water partition coefficient (Wildman–Crippen LogP) is 2.75. The summed E-state index contributed by atoms with van der Waals surface area (Å²) in [5, 5.41) is 18.8. The predicted molar refractivity (Wildman–Crippen MR) is 105 cm³/mol. The molecule has 2 aromatic heterocycles. The number of amides is 2. The lowest BCUT2D eigenvalue weighted by molar-refractivity contribution is 0.0783. The van der Waals surface area contributed by atoms with E-state index in [1.807, 2.05) is 13.0 Å². The van der Waals surface area contributed by atoms with Crippen molar-refractivity contribution in [1.82, 2.24) is 9.97 Å². The number of aliphatic hydroxyl groups is 1. The van der Waals surface area contributed by atoms with Gasteiger partial charge in [0.05, 0.1) is 6.20 Å². The van der Waals surface area contributed by atoms with Crippen LogP contribution in [0, 0.1) is 0 Å². The van der Waals surface area contributed by atoms with Crippen LogP contribution in [0.2, 0.25) is 0 Å². The summed E-state index contributed by atoms with van der Waals surface area (Å²) in [5.41, 5.74) is 2.35. The third-order valence-electron chi connectivity index (χ3n) is 4.22. The Morgan fingerprint density at radius 3 is 2.85 bits per heavy atom. The Hall–Kier alpha value is -1.88. The van der Waals surface area contributed by atoms with E-state index in [1.54, 1.807) is 13.8 Å². The van der Waals surface area contributed by atoms with E-state index >= 15 is 0 Å². The molecule has 0 fully saturated rings. The fourth-order valence-electron chi connectivity index (χ4n) is 2.88. The van der Waals surface area contributed by atoms with Gasteiger partial charge in [0.2, 0.25) is 0 Å². The van der Waals surface area contributed by atoms with Gasteiger partial charge >= 0.3 is 6.03 Å². The number of nitrogens with two attached hydrogens (primary N) is 1. The first-order valence-corrected chi connectivity index (χ1v) is 11.1. The molecular formula is C17H23N5O3S2. The molecule has 1 atom stereocenters. The van der Waals surface area contributed by atoms with Gasteiger partial charge in [-0.05, 0) is 51.2 Å². The summed E-state index contributed by atoms with van der Waals surface area (Å²) < 4.78 is 16.5. The Balaban J connectivity index is 1.88. The highest BCUT2D eigenvalue weighted by atomic mass is 32.2. The number of nitrogens with zero attached hydrogens (tertiary/aromatic N) is 3. The molecule has 2 amide bonds. The monoisotopic (exact) mass is 409 g/mol. The first kappa shape index (κ1) is 19.9. The van der Waals surface area contributed by atoms with E-state index in [0.717, 1.165) is 54.0 Å². The normalized spacial score (nSPS) is 15.9. The lowest BCUT2D eigenvalue weighted by atomic mass is 10.1. The summed E-state index contributed by atoms with van der Waals surface area (Å²) in [6.45, 7) is 5.12. The van der Waals surface area contributed by atoms with Crippen LogP contribution in [0.15, 0.2) is 20.8 Å². The molecule has 0 saturated carbocycles. The molecule has 146 valence electrons. The molecule has 0 aliphatic heterocycles. The van der Waals surface area contributed by atoms with Crippen LogP contribution in [0.4, 0.5) is 10.5 Å². The number of aryl methyl sites for hydroxylation is 2. The van der Waals surface area contributed by atoms with Gasteiger partial charge in [-0.3, -0.25) is 4.98 Å². The van der Waals surface area contributed by atoms with Crippen molar-refractivity contribution in [2.75, 3.05) is 5.32 Å². The highest BCUT2D eigenvalue weighted by Crippen LogP contribution is 2.30. The standard InChI is InChI=1S/C17H23N5O3S2/c1-4-10-8-13(11-6-5-7-12(11)20-10)21-16(23)22-27(18,25)14-9-19-15(26-14)17(2,3)24/h8-9,24H,4-7H2,1-3H3,(H3,18,20,21,22,23,25). The van der Waals surface area contributed by atoms with Crippen molar-refractivity contribution in [3.8, 4) is 0 Å². The number of fused-ring (bicyclic) bond motifs is 1. The maximum Gasteiger partial charge on any atom is 0.354 e. The van der Waals surface area contributed by atoms with Crippen molar-refractivity contribution in [1.29, 1.82) is 0 Å². The van der Waals surface area contributed by atoms with E-state index in [9.17, 15) is 14.1 Å². The van der Waals surface area contributed by atoms with Gasteiger partial charge in [-0.25, -0.2) is 19.1 Å². The van der Waals surface area contributed by atoms with Crippen LogP contribution < -0.4 is 10.5 Å². The minimum atomic E-state index is -3.46. The number of hydrogen-bond acceptors (Lipinski definition) is 6. The first-order valence-electron chi connectivity index (χ1n) is 8.66. The third-order valence-corrected chi connectivity index (χ3v) is 7.41. The van der Waals surface area contributed by atoms with Gasteiger partial charge in [0.1, 0.15) is 14.8 Å². The first-order chi connectivity index (χ1) is 12.6. The molecule has 1 aliphatic carbocycles. The molecule has 2 aromatic rings. The van der Waals surface area contributed by atoms with E-state index in [2.05, 4.69) is 19.6 Å². The number of hydrogen-bond donors (Lipinski definition) is 3. The van der Waals surface area contributed by atoms with E-state index < -0.39 is 21.5 Å². The summed E-state index contributed by atoms with van der Waals surface area (Å²) >= 11 is 0.976. The molecule has 1 aliphatic rings. The number of thiazole rings is 1. The highest BCUT2D eigenvalue weighted by molar-refractivity contribution is 7.93. The minimum Gasteiger partial charge on any atom is -0.383 e. The fraction of sp³-hybridized carbons (Fsp3) is 0.471. The summed E-state index contributed by atoms with van der Waals surface area (Å²) in [7, 11) is -3.46. The molecule has 2 heterocycles. The van der Waals surface area contributed by atoms with Gasteiger partial charge in [0, 0.05) is 17.1 Å². The average molecular weight is 410 g/mol. The largest absolute Gasteiger partial charge is 0.383 e. The number of rotatable bonds is 4. The molecule has 10 heteroatoms. The minimum absolute atomic E-state index is 0.143. The van der Waals surface area contributed by atoms with Gasteiger partial charge < -0.3 is 10.4 Å². The van der Waals surface area contributed by atoms with Gasteiger partial charge in [0.15, 0.2) is 9.92 Å². The van der Waals surface area contributed by atoms with Crippen LogP contribution in [0.3, 0.4) is 0 Å². The maximum atomic E-state index is 12.7. The molecule has 1 unspecified atom stereocenters. The van der Waals surface area contributed by atoms with Crippen molar-refractivity contribution in [2.45, 2.75) is 56.3 Å². The lowest BCUT2D eigenvalue weighted by Crippen LogP contribution is -2.17. The summed E-state index contributed by atoms with van der Waals surface area (Å²) in [5.74, 6) is 0. The number of anilines is 1. The van der Waals surface area contributed by atoms with Gasteiger partial charge in [0.25, 0.3) is 0 Å². The van der Waals surface area contributed by atoms with Crippen LogP contribution in [-0.2, 0) is 34.8 Å². The molecule has 0 bridgehead atoms. The van der Waals surface area contributed by atoms with E-state index in [4.69, 9.17) is 5.14 Å². The summed E-state index contributed by atoms with van der Waals surface area (Å²) in [6.07, 6.45) is 4.75. The quantitative estimate of drug-likeness (QED) is 0.715.